The fourth-order valence-electron chi connectivity index (χ4n) is 2.45. The first-order valence-corrected chi connectivity index (χ1v) is 9.23. The number of aromatic nitrogens is 3. The van der Waals surface area contributed by atoms with Crippen molar-refractivity contribution in [1.82, 2.24) is 14.8 Å². The average Bonchev–Trinajstić information content (AvgIpc) is 2.96. The van der Waals surface area contributed by atoms with Crippen LogP contribution in [0.3, 0.4) is 0 Å². The van der Waals surface area contributed by atoms with Crippen LogP contribution in [-0.2, 0) is 0 Å². The highest BCUT2D eigenvalue weighted by atomic mass is 35.5. The van der Waals surface area contributed by atoms with Gasteiger partial charge in [0.2, 0.25) is 0 Å². The van der Waals surface area contributed by atoms with Gasteiger partial charge in [0.25, 0.3) is 0 Å². The van der Waals surface area contributed by atoms with E-state index in [2.05, 4.69) is 36.2 Å². The number of carbonyl (C=O) groups is 1. The van der Waals surface area contributed by atoms with E-state index >= 15 is 0 Å². The summed E-state index contributed by atoms with van der Waals surface area (Å²) in [7, 11) is 0. The van der Waals surface area contributed by atoms with Crippen molar-refractivity contribution < 1.29 is 4.79 Å². The average molecular weight is 372 g/mol. The van der Waals surface area contributed by atoms with Crippen LogP contribution in [0.2, 0.25) is 5.02 Å². The van der Waals surface area contributed by atoms with Crippen LogP contribution in [0.5, 0.6) is 0 Å². The molecule has 2 aromatic carbocycles. The zero-order chi connectivity index (χ0) is 18.0. The van der Waals surface area contributed by atoms with E-state index in [9.17, 15) is 4.79 Å². The van der Waals surface area contributed by atoms with E-state index in [0.29, 0.717) is 21.5 Å². The third-order valence-corrected chi connectivity index (χ3v) is 5.22. The minimum absolute atomic E-state index is 0.0361. The molecule has 1 heterocycles. The topological polar surface area (TPSA) is 47.8 Å². The first kappa shape index (κ1) is 17.7. The molecule has 0 saturated heterocycles. The molecule has 0 amide bonds. The van der Waals surface area contributed by atoms with Gasteiger partial charge in [-0.25, -0.2) is 0 Å². The third kappa shape index (κ3) is 3.94. The van der Waals surface area contributed by atoms with E-state index in [4.69, 9.17) is 11.6 Å². The first-order valence-electron chi connectivity index (χ1n) is 7.87. The van der Waals surface area contributed by atoms with Gasteiger partial charge in [-0.2, -0.15) is 0 Å². The summed E-state index contributed by atoms with van der Waals surface area (Å²) in [6, 6.07) is 13.2. The summed E-state index contributed by atoms with van der Waals surface area (Å²) in [6.07, 6.45) is 0. The molecule has 128 valence electrons. The molecule has 0 N–H and O–H groups in total. The SMILES string of the molecule is Cc1ccc(-n2c(C)nnc2SCC(=O)c2ccc(Cl)cc2)cc1C. The molecule has 0 aliphatic carbocycles. The number of rotatable bonds is 5. The minimum atomic E-state index is 0.0361. The number of carbonyl (C=O) groups excluding carboxylic acids is 1. The second kappa shape index (κ2) is 7.42. The van der Waals surface area contributed by atoms with Crippen LogP contribution in [0, 0.1) is 20.8 Å². The monoisotopic (exact) mass is 371 g/mol. The molecular formula is C19H18ClN3OS. The summed E-state index contributed by atoms with van der Waals surface area (Å²) >= 11 is 7.25. The molecule has 0 spiro atoms. The Bertz CT molecular complexity index is 919. The number of Topliss-reactive ketones (excluding diaryl/α,β-unsaturated/α-hetero) is 1. The quantitative estimate of drug-likeness (QED) is 0.476. The van der Waals surface area contributed by atoms with Crippen molar-refractivity contribution in [3.05, 3.63) is 70.0 Å². The number of hydrogen-bond donors (Lipinski definition) is 0. The summed E-state index contributed by atoms with van der Waals surface area (Å²) in [5.74, 6) is 1.13. The van der Waals surface area contributed by atoms with Gasteiger partial charge < -0.3 is 0 Å². The Kier molecular flexibility index (Phi) is 5.25. The Balaban J connectivity index is 1.81. The molecule has 25 heavy (non-hydrogen) atoms. The van der Waals surface area contributed by atoms with Crippen molar-refractivity contribution in [3.8, 4) is 5.69 Å². The number of hydrogen-bond acceptors (Lipinski definition) is 4. The largest absolute Gasteiger partial charge is 0.293 e. The summed E-state index contributed by atoms with van der Waals surface area (Å²) in [4.78, 5) is 12.4. The highest BCUT2D eigenvalue weighted by Crippen LogP contribution is 2.24. The molecule has 0 unspecified atom stereocenters. The molecule has 0 radical (unpaired) electrons. The highest BCUT2D eigenvalue weighted by molar-refractivity contribution is 7.99. The number of thioether (sulfide) groups is 1. The molecule has 0 aliphatic heterocycles. The third-order valence-electron chi connectivity index (χ3n) is 4.04. The van der Waals surface area contributed by atoms with Gasteiger partial charge >= 0.3 is 0 Å². The number of benzene rings is 2. The maximum absolute atomic E-state index is 12.4. The Morgan fingerprint density at radius 3 is 2.44 bits per heavy atom. The van der Waals surface area contributed by atoms with E-state index < -0.39 is 0 Å². The van der Waals surface area contributed by atoms with Gasteiger partial charge in [0.1, 0.15) is 5.82 Å². The molecule has 0 saturated carbocycles. The van der Waals surface area contributed by atoms with Crippen molar-refractivity contribution >= 4 is 29.1 Å². The van der Waals surface area contributed by atoms with Crippen LogP contribution in [0.4, 0.5) is 0 Å². The van der Waals surface area contributed by atoms with Crippen LogP contribution >= 0.6 is 23.4 Å². The van der Waals surface area contributed by atoms with E-state index in [1.807, 2.05) is 17.6 Å². The molecule has 3 rings (SSSR count). The molecule has 6 heteroatoms. The van der Waals surface area contributed by atoms with Crippen LogP contribution in [-0.4, -0.2) is 26.3 Å². The lowest BCUT2D eigenvalue weighted by Gasteiger charge is -2.10. The molecule has 0 bridgehead atoms. The highest BCUT2D eigenvalue weighted by Gasteiger charge is 2.14. The second-order valence-electron chi connectivity index (χ2n) is 5.85. The van der Waals surface area contributed by atoms with Crippen molar-refractivity contribution in [2.45, 2.75) is 25.9 Å². The van der Waals surface area contributed by atoms with Crippen molar-refractivity contribution in [3.63, 3.8) is 0 Å². The van der Waals surface area contributed by atoms with Crippen LogP contribution in [0.1, 0.15) is 27.3 Å². The Morgan fingerprint density at radius 1 is 1.04 bits per heavy atom. The maximum atomic E-state index is 12.4. The van der Waals surface area contributed by atoms with Crippen LogP contribution < -0.4 is 0 Å². The van der Waals surface area contributed by atoms with E-state index in [1.54, 1.807) is 24.3 Å². The van der Waals surface area contributed by atoms with Gasteiger partial charge in [-0.15, -0.1) is 10.2 Å². The zero-order valence-corrected chi connectivity index (χ0v) is 15.9. The summed E-state index contributed by atoms with van der Waals surface area (Å²) in [6.45, 7) is 6.07. The van der Waals surface area contributed by atoms with Gasteiger partial charge in [0.05, 0.1) is 5.75 Å². The predicted molar refractivity (Wildman–Crippen MR) is 102 cm³/mol. The molecule has 0 atom stereocenters. The van der Waals surface area contributed by atoms with E-state index in [0.717, 1.165) is 11.5 Å². The smallest absolute Gasteiger partial charge is 0.196 e. The second-order valence-corrected chi connectivity index (χ2v) is 7.23. The zero-order valence-electron chi connectivity index (χ0n) is 14.3. The van der Waals surface area contributed by atoms with Gasteiger partial charge in [-0.1, -0.05) is 29.4 Å². The standard InChI is InChI=1S/C19H18ClN3OS/c1-12-4-9-17(10-13(12)2)23-14(3)21-22-19(23)25-11-18(24)15-5-7-16(20)8-6-15/h4-10H,11H2,1-3H3. The lowest BCUT2D eigenvalue weighted by atomic mass is 10.1. The fraction of sp³-hybridized carbons (Fsp3) is 0.211. The molecule has 3 aromatic rings. The number of ketones is 1. The Labute approximate surface area is 156 Å². The lowest BCUT2D eigenvalue weighted by molar-refractivity contribution is 0.102. The van der Waals surface area contributed by atoms with Gasteiger partial charge in [0.15, 0.2) is 10.9 Å². The summed E-state index contributed by atoms with van der Waals surface area (Å²) in [5, 5.41) is 9.73. The van der Waals surface area contributed by atoms with Crippen molar-refractivity contribution in [1.29, 1.82) is 0 Å². The number of aryl methyl sites for hydroxylation is 3. The normalized spacial score (nSPS) is 10.9. The molecular weight excluding hydrogens is 354 g/mol. The van der Waals surface area contributed by atoms with Crippen molar-refractivity contribution in [2.75, 3.05) is 5.75 Å². The molecule has 4 nitrogen and oxygen atoms in total. The number of halogens is 1. The van der Waals surface area contributed by atoms with E-state index in [-0.39, 0.29) is 5.78 Å². The lowest BCUT2D eigenvalue weighted by Crippen LogP contribution is -2.05. The summed E-state index contributed by atoms with van der Waals surface area (Å²) < 4.78 is 1.98. The van der Waals surface area contributed by atoms with Gasteiger partial charge in [0, 0.05) is 16.3 Å². The molecule has 1 aromatic heterocycles. The predicted octanol–water partition coefficient (Wildman–Crippen LogP) is 4.82. The minimum Gasteiger partial charge on any atom is -0.293 e. The van der Waals surface area contributed by atoms with Crippen LogP contribution in [0.15, 0.2) is 47.6 Å². The fourth-order valence-corrected chi connectivity index (χ4v) is 3.47. The van der Waals surface area contributed by atoms with Gasteiger partial charge in [-0.3, -0.25) is 9.36 Å². The van der Waals surface area contributed by atoms with Gasteiger partial charge in [-0.05, 0) is 68.3 Å². The van der Waals surface area contributed by atoms with Crippen LogP contribution in [0.25, 0.3) is 5.69 Å². The maximum Gasteiger partial charge on any atom is 0.196 e. The summed E-state index contributed by atoms with van der Waals surface area (Å²) in [5.41, 5.74) is 4.10. The molecule has 0 fully saturated rings. The Hall–Kier alpha value is -2.11. The van der Waals surface area contributed by atoms with Crippen molar-refractivity contribution in [2.24, 2.45) is 0 Å². The Morgan fingerprint density at radius 2 is 1.76 bits per heavy atom. The molecule has 0 aliphatic rings. The number of nitrogens with zero attached hydrogens (tertiary/aromatic N) is 3. The first-order chi connectivity index (χ1) is 12.0. The van der Waals surface area contributed by atoms with E-state index in [1.165, 1.54) is 22.9 Å².